The van der Waals surface area contributed by atoms with Gasteiger partial charge in [-0.15, -0.1) is 0 Å². The van der Waals surface area contributed by atoms with Gasteiger partial charge in [0.05, 0.1) is 21.2 Å². The third-order valence-electron chi connectivity index (χ3n) is 7.66. The number of rotatable bonds is 4. The molecular weight excluding hydrogens is 602 g/mol. The summed E-state index contributed by atoms with van der Waals surface area (Å²) in [7, 11) is 0. The molecule has 202 valence electrons. The summed E-state index contributed by atoms with van der Waals surface area (Å²) in [4.78, 5) is 30.5. The van der Waals surface area contributed by atoms with E-state index < -0.39 is 4.92 Å². The van der Waals surface area contributed by atoms with Gasteiger partial charge >= 0.3 is 0 Å². The first-order valence-corrected chi connectivity index (χ1v) is 14.7. The molecule has 7 nitrogen and oxygen atoms in total. The lowest BCUT2D eigenvalue weighted by Crippen LogP contribution is -2.38. The van der Waals surface area contributed by atoms with Crippen molar-refractivity contribution in [1.82, 2.24) is 4.57 Å². The molecule has 0 saturated carbocycles. The number of non-ortho nitro benzene ring substituents is 1. The highest BCUT2D eigenvalue weighted by Gasteiger charge is 2.32. The summed E-state index contributed by atoms with van der Waals surface area (Å²) in [6.45, 7) is 1.88. The SMILES string of the molecule is Cc1ccc([N+](=O)[O-])cc1-c1ccc(/C=c2\sc3n(c2=O)[C@H](c2ccc(Br)cc2)C2=C(N=3)c3ccccc3CC2)o1. The number of furan rings is 1. The summed E-state index contributed by atoms with van der Waals surface area (Å²) in [6, 6.07) is 24.4. The molecule has 1 aliphatic carbocycles. The van der Waals surface area contributed by atoms with Crippen LogP contribution in [0.3, 0.4) is 0 Å². The Balaban J connectivity index is 1.38. The fraction of sp³-hybridized carbons (Fsp3) is 0.125. The van der Waals surface area contributed by atoms with Crippen LogP contribution in [0, 0.1) is 17.0 Å². The number of fused-ring (bicyclic) bond motifs is 3. The second-order valence-electron chi connectivity index (χ2n) is 10.1. The Morgan fingerprint density at radius 3 is 2.66 bits per heavy atom. The van der Waals surface area contributed by atoms with Crippen LogP contribution >= 0.6 is 27.3 Å². The van der Waals surface area contributed by atoms with E-state index in [2.05, 4.69) is 46.3 Å². The highest BCUT2D eigenvalue weighted by atomic mass is 79.9. The molecule has 0 bridgehead atoms. The number of aryl methyl sites for hydroxylation is 2. The normalized spacial score (nSPS) is 16.1. The van der Waals surface area contributed by atoms with Gasteiger partial charge in [0.15, 0.2) is 4.80 Å². The molecule has 0 radical (unpaired) electrons. The number of thiazole rings is 1. The van der Waals surface area contributed by atoms with Gasteiger partial charge in [-0.1, -0.05) is 69.7 Å². The van der Waals surface area contributed by atoms with Gasteiger partial charge in [-0.3, -0.25) is 19.5 Å². The Morgan fingerprint density at radius 2 is 1.85 bits per heavy atom. The number of hydrogen-bond acceptors (Lipinski definition) is 6. The Kier molecular flexibility index (Phi) is 6.21. The molecule has 0 spiro atoms. The molecular formula is C32H22BrN3O4S. The van der Waals surface area contributed by atoms with E-state index in [0.717, 1.165) is 45.3 Å². The van der Waals surface area contributed by atoms with Gasteiger partial charge in [0.1, 0.15) is 11.5 Å². The Hall–Kier alpha value is -4.34. The third-order valence-corrected chi connectivity index (χ3v) is 9.17. The standard InChI is InChI=1S/C32H22BrN3O4S/c1-18-6-12-22(36(38)39)16-26(18)27-15-13-23(40-27)17-28-31(37)35-30(20-7-10-21(33)11-8-20)25-14-9-19-4-2-3-5-24(19)29(25)34-32(35)41-28/h2-8,10-13,15-17,30H,9,14H2,1H3/b28-17-/t30-/m1/s1. The second-order valence-corrected chi connectivity index (χ2v) is 12.0. The topological polar surface area (TPSA) is 90.6 Å². The van der Waals surface area contributed by atoms with E-state index in [4.69, 9.17) is 9.41 Å². The van der Waals surface area contributed by atoms with Crippen LogP contribution in [-0.2, 0) is 6.42 Å². The van der Waals surface area contributed by atoms with Gasteiger partial charge in [-0.2, -0.15) is 0 Å². The molecule has 1 aliphatic heterocycles. The third kappa shape index (κ3) is 4.42. The van der Waals surface area contributed by atoms with Gasteiger partial charge in [0.25, 0.3) is 11.2 Å². The molecule has 0 fully saturated rings. The zero-order valence-electron chi connectivity index (χ0n) is 21.8. The van der Waals surface area contributed by atoms with Gasteiger partial charge in [0, 0.05) is 33.8 Å². The molecule has 3 aromatic carbocycles. The summed E-state index contributed by atoms with van der Waals surface area (Å²) in [5.74, 6) is 0.996. The van der Waals surface area contributed by atoms with Crippen LogP contribution in [0.2, 0.25) is 0 Å². The summed E-state index contributed by atoms with van der Waals surface area (Å²) in [5.41, 5.74) is 6.88. The minimum Gasteiger partial charge on any atom is -0.457 e. The lowest BCUT2D eigenvalue weighted by atomic mass is 9.83. The predicted molar refractivity (Wildman–Crippen MR) is 162 cm³/mol. The van der Waals surface area contributed by atoms with Gasteiger partial charge in [-0.05, 0) is 66.3 Å². The maximum absolute atomic E-state index is 14.0. The van der Waals surface area contributed by atoms with Crippen LogP contribution in [0.4, 0.5) is 5.69 Å². The number of allylic oxidation sites excluding steroid dienone is 1. The van der Waals surface area contributed by atoms with Crippen molar-refractivity contribution >= 4 is 44.7 Å². The van der Waals surface area contributed by atoms with Gasteiger partial charge in [-0.25, -0.2) is 4.99 Å². The minimum absolute atomic E-state index is 0.00431. The lowest BCUT2D eigenvalue weighted by Gasteiger charge is -2.30. The van der Waals surface area contributed by atoms with E-state index in [0.29, 0.717) is 26.4 Å². The maximum atomic E-state index is 14.0. The van der Waals surface area contributed by atoms with Crippen LogP contribution < -0.4 is 14.9 Å². The van der Waals surface area contributed by atoms with Crippen molar-refractivity contribution in [2.75, 3.05) is 0 Å². The fourth-order valence-electron chi connectivity index (χ4n) is 5.66. The molecule has 7 rings (SSSR count). The molecule has 1 atom stereocenters. The average molecular weight is 625 g/mol. The van der Waals surface area contributed by atoms with E-state index in [1.807, 2.05) is 25.1 Å². The van der Waals surface area contributed by atoms with Crippen molar-refractivity contribution in [1.29, 1.82) is 0 Å². The van der Waals surface area contributed by atoms with E-state index in [-0.39, 0.29) is 17.3 Å². The van der Waals surface area contributed by atoms with Crippen LogP contribution in [-0.4, -0.2) is 9.49 Å². The van der Waals surface area contributed by atoms with E-state index in [9.17, 15) is 14.9 Å². The Bertz CT molecular complexity index is 2090. The smallest absolute Gasteiger partial charge is 0.271 e. The average Bonchev–Trinajstić information content (AvgIpc) is 3.56. The lowest BCUT2D eigenvalue weighted by molar-refractivity contribution is -0.384. The first-order chi connectivity index (χ1) is 19.9. The minimum atomic E-state index is -0.423. The first kappa shape index (κ1) is 25.6. The zero-order chi connectivity index (χ0) is 28.2. The van der Waals surface area contributed by atoms with E-state index in [1.54, 1.807) is 28.8 Å². The quantitative estimate of drug-likeness (QED) is 0.167. The first-order valence-electron chi connectivity index (χ1n) is 13.1. The molecule has 5 aromatic rings. The van der Waals surface area contributed by atoms with Crippen LogP contribution in [0.15, 0.2) is 103 Å². The molecule has 9 heteroatoms. The molecule has 0 amide bonds. The highest BCUT2D eigenvalue weighted by Crippen LogP contribution is 2.41. The van der Waals surface area contributed by atoms with E-state index in [1.165, 1.54) is 29.0 Å². The van der Waals surface area contributed by atoms with Crippen molar-refractivity contribution in [3.05, 3.63) is 147 Å². The molecule has 41 heavy (non-hydrogen) atoms. The van der Waals surface area contributed by atoms with Crippen molar-refractivity contribution in [3.8, 4) is 11.3 Å². The van der Waals surface area contributed by atoms with Crippen molar-refractivity contribution < 1.29 is 9.34 Å². The predicted octanol–water partition coefficient (Wildman–Crippen LogP) is 6.56. The summed E-state index contributed by atoms with van der Waals surface area (Å²) >= 11 is 4.87. The van der Waals surface area contributed by atoms with Crippen molar-refractivity contribution in [3.63, 3.8) is 0 Å². The van der Waals surface area contributed by atoms with Crippen LogP contribution in [0.5, 0.6) is 0 Å². The number of nitrogens with zero attached hydrogens (tertiary/aromatic N) is 3. The van der Waals surface area contributed by atoms with Crippen molar-refractivity contribution in [2.45, 2.75) is 25.8 Å². The Labute approximate surface area is 246 Å². The second kappa shape index (κ2) is 9.94. The summed E-state index contributed by atoms with van der Waals surface area (Å²) < 4.78 is 9.37. The number of nitro benzene ring substituents is 1. The number of nitro groups is 1. The number of benzene rings is 3. The summed E-state index contributed by atoms with van der Waals surface area (Å²) in [6.07, 6.45) is 3.45. The zero-order valence-corrected chi connectivity index (χ0v) is 24.2. The number of halogens is 1. The molecule has 2 aliphatic rings. The van der Waals surface area contributed by atoms with Crippen LogP contribution in [0.25, 0.3) is 23.1 Å². The van der Waals surface area contributed by atoms with Gasteiger partial charge < -0.3 is 4.42 Å². The van der Waals surface area contributed by atoms with E-state index >= 15 is 0 Å². The molecule has 0 unspecified atom stereocenters. The summed E-state index contributed by atoms with van der Waals surface area (Å²) in [5, 5.41) is 11.3. The fourth-order valence-corrected chi connectivity index (χ4v) is 6.91. The molecule has 3 heterocycles. The Morgan fingerprint density at radius 1 is 1.05 bits per heavy atom. The highest BCUT2D eigenvalue weighted by molar-refractivity contribution is 9.10. The van der Waals surface area contributed by atoms with Crippen molar-refractivity contribution in [2.24, 2.45) is 4.99 Å². The number of aromatic nitrogens is 1. The number of hydrogen-bond donors (Lipinski definition) is 0. The van der Waals surface area contributed by atoms with Crippen LogP contribution in [0.1, 0.15) is 40.5 Å². The molecule has 0 saturated heterocycles. The monoisotopic (exact) mass is 623 g/mol. The van der Waals surface area contributed by atoms with Gasteiger partial charge in [0.2, 0.25) is 0 Å². The molecule has 2 aromatic heterocycles. The largest absolute Gasteiger partial charge is 0.457 e. The molecule has 0 N–H and O–H groups in total. The maximum Gasteiger partial charge on any atom is 0.271 e.